The molecule has 6 heteroatoms. The lowest BCUT2D eigenvalue weighted by molar-refractivity contribution is 0.122. The number of pyridine rings is 1. The molecule has 0 aliphatic carbocycles. The number of aromatic nitrogens is 1. The van der Waals surface area contributed by atoms with E-state index in [1.165, 1.54) is 0 Å². The van der Waals surface area contributed by atoms with E-state index in [1.807, 2.05) is 0 Å². The van der Waals surface area contributed by atoms with Crippen LogP contribution in [-0.2, 0) is 11.3 Å². The molecule has 21 heavy (non-hydrogen) atoms. The van der Waals surface area contributed by atoms with Crippen molar-refractivity contribution in [2.24, 2.45) is 4.99 Å². The molecule has 6 nitrogen and oxygen atoms in total. The molecule has 0 saturated carbocycles. The molecule has 0 bridgehead atoms. The first-order valence-corrected chi connectivity index (χ1v) is 7.61. The summed E-state index contributed by atoms with van der Waals surface area (Å²) in [7, 11) is 2.07. The van der Waals surface area contributed by atoms with Gasteiger partial charge in [0.15, 0.2) is 5.96 Å². The van der Waals surface area contributed by atoms with Crippen molar-refractivity contribution in [3.8, 4) is 0 Å². The molecule has 0 atom stereocenters. The number of nitrogens with zero attached hydrogens (tertiary/aromatic N) is 4. The molecule has 0 aromatic carbocycles. The van der Waals surface area contributed by atoms with E-state index in [1.54, 1.807) is 0 Å². The van der Waals surface area contributed by atoms with Crippen molar-refractivity contribution in [2.75, 3.05) is 51.3 Å². The third-order valence-electron chi connectivity index (χ3n) is 3.83. The number of rotatable bonds is 3. The van der Waals surface area contributed by atoms with Crippen molar-refractivity contribution in [1.82, 2.24) is 15.2 Å². The fraction of sp³-hybridized carbons (Fsp3) is 0.600. The summed E-state index contributed by atoms with van der Waals surface area (Å²) >= 11 is 0. The molecular formula is C15H23N5O. The third-order valence-corrected chi connectivity index (χ3v) is 3.83. The first-order chi connectivity index (χ1) is 10.3. The Morgan fingerprint density at radius 3 is 2.90 bits per heavy atom. The zero-order valence-corrected chi connectivity index (χ0v) is 12.6. The van der Waals surface area contributed by atoms with Crippen LogP contribution in [0.4, 0.5) is 5.82 Å². The summed E-state index contributed by atoms with van der Waals surface area (Å²) in [5.41, 5.74) is 1.04. The van der Waals surface area contributed by atoms with E-state index < -0.39 is 0 Å². The molecule has 1 saturated heterocycles. The quantitative estimate of drug-likeness (QED) is 0.888. The van der Waals surface area contributed by atoms with Gasteiger partial charge in [0.1, 0.15) is 5.82 Å². The average molecular weight is 289 g/mol. The smallest absolute Gasteiger partial charge is 0.193 e. The first kappa shape index (κ1) is 14.1. The molecule has 3 heterocycles. The summed E-state index contributed by atoms with van der Waals surface area (Å²) in [6.07, 6.45) is 1.13. The van der Waals surface area contributed by atoms with Gasteiger partial charge in [-0.15, -0.1) is 0 Å². The van der Waals surface area contributed by atoms with E-state index in [0.717, 1.165) is 63.3 Å². The maximum atomic E-state index is 5.39. The van der Waals surface area contributed by atoms with E-state index >= 15 is 0 Å². The Morgan fingerprint density at radius 1 is 1.24 bits per heavy atom. The summed E-state index contributed by atoms with van der Waals surface area (Å²) in [6.45, 7) is 6.08. The molecule has 3 rings (SSSR count). The highest BCUT2D eigenvalue weighted by molar-refractivity contribution is 5.80. The summed E-state index contributed by atoms with van der Waals surface area (Å²) < 4.78 is 5.39. The normalized spacial score (nSPS) is 19.4. The van der Waals surface area contributed by atoms with Crippen molar-refractivity contribution in [1.29, 1.82) is 0 Å². The van der Waals surface area contributed by atoms with Gasteiger partial charge in [-0.2, -0.15) is 0 Å². The molecule has 1 aromatic heterocycles. The number of nitrogens with one attached hydrogen (secondary N) is 1. The molecule has 1 fully saturated rings. The highest BCUT2D eigenvalue weighted by atomic mass is 16.5. The standard InChI is InChI=1S/C15H23N5O/c1-19-7-3-6-16-15(19)17-12-13-4-2-5-14(18-13)20-8-10-21-11-9-20/h2,4-5H,3,6-12H2,1H3,(H,16,17). The van der Waals surface area contributed by atoms with Crippen LogP contribution < -0.4 is 10.2 Å². The zero-order chi connectivity index (χ0) is 14.5. The second-order valence-electron chi connectivity index (χ2n) is 5.42. The minimum atomic E-state index is 0.710. The van der Waals surface area contributed by atoms with E-state index in [4.69, 9.17) is 9.72 Å². The largest absolute Gasteiger partial charge is 0.378 e. The maximum Gasteiger partial charge on any atom is 0.193 e. The minimum absolute atomic E-state index is 0.710. The van der Waals surface area contributed by atoms with E-state index in [0.29, 0.717) is 6.54 Å². The lowest BCUT2D eigenvalue weighted by atomic mass is 10.3. The second-order valence-corrected chi connectivity index (χ2v) is 5.42. The van der Waals surface area contributed by atoms with Gasteiger partial charge in [0, 0.05) is 33.2 Å². The van der Waals surface area contributed by atoms with Gasteiger partial charge in [0.2, 0.25) is 0 Å². The Hall–Kier alpha value is -1.82. The maximum absolute atomic E-state index is 5.39. The predicted octanol–water partition coefficient (Wildman–Crippen LogP) is 0.699. The van der Waals surface area contributed by atoms with Gasteiger partial charge in [0.05, 0.1) is 25.5 Å². The van der Waals surface area contributed by atoms with Crippen LogP contribution in [0.1, 0.15) is 12.1 Å². The first-order valence-electron chi connectivity index (χ1n) is 7.61. The number of hydrogen-bond donors (Lipinski definition) is 1. The molecule has 2 aliphatic rings. The molecule has 0 amide bonds. The van der Waals surface area contributed by atoms with Crippen molar-refractivity contribution < 1.29 is 4.74 Å². The lowest BCUT2D eigenvalue weighted by Gasteiger charge is -2.28. The molecule has 114 valence electrons. The van der Waals surface area contributed by atoms with Gasteiger partial charge in [-0.05, 0) is 18.6 Å². The molecule has 0 spiro atoms. The second kappa shape index (κ2) is 6.76. The number of guanidine groups is 1. The van der Waals surface area contributed by atoms with Crippen LogP contribution in [-0.4, -0.2) is 62.3 Å². The molecule has 1 aromatic rings. The van der Waals surface area contributed by atoms with Gasteiger partial charge in [-0.3, -0.25) is 4.99 Å². The van der Waals surface area contributed by atoms with Crippen LogP contribution >= 0.6 is 0 Å². The number of ether oxygens (including phenoxy) is 1. The predicted molar refractivity (Wildman–Crippen MR) is 83.7 cm³/mol. The fourth-order valence-electron chi connectivity index (χ4n) is 2.61. The number of aliphatic imine (C=N–C) groups is 1. The third kappa shape index (κ3) is 3.64. The highest BCUT2D eigenvalue weighted by Crippen LogP contribution is 2.13. The number of anilines is 1. The summed E-state index contributed by atoms with van der Waals surface area (Å²) in [4.78, 5) is 13.7. The summed E-state index contributed by atoms with van der Waals surface area (Å²) in [6, 6.07) is 6.20. The molecular weight excluding hydrogens is 266 g/mol. The van der Waals surface area contributed by atoms with E-state index in [-0.39, 0.29) is 0 Å². The Balaban J connectivity index is 1.61. The minimum Gasteiger partial charge on any atom is -0.378 e. The SMILES string of the molecule is CN1CCCN=C1NCc1cccc(N2CCOCC2)n1. The van der Waals surface area contributed by atoms with Crippen LogP contribution in [0.2, 0.25) is 0 Å². The Morgan fingerprint density at radius 2 is 2.10 bits per heavy atom. The Labute approximate surface area is 125 Å². The number of hydrogen-bond acceptors (Lipinski definition) is 6. The topological polar surface area (TPSA) is 53.0 Å². The van der Waals surface area contributed by atoms with Gasteiger partial charge in [-0.25, -0.2) is 4.98 Å². The fourth-order valence-corrected chi connectivity index (χ4v) is 2.61. The van der Waals surface area contributed by atoms with Crippen LogP contribution in [0.3, 0.4) is 0 Å². The van der Waals surface area contributed by atoms with Gasteiger partial charge < -0.3 is 19.9 Å². The molecule has 1 N–H and O–H groups in total. The van der Waals surface area contributed by atoms with Crippen LogP contribution in [0.25, 0.3) is 0 Å². The lowest BCUT2D eigenvalue weighted by Crippen LogP contribution is -2.42. The van der Waals surface area contributed by atoms with Gasteiger partial charge in [-0.1, -0.05) is 6.07 Å². The van der Waals surface area contributed by atoms with Gasteiger partial charge in [0.25, 0.3) is 0 Å². The van der Waals surface area contributed by atoms with Gasteiger partial charge >= 0.3 is 0 Å². The molecule has 0 unspecified atom stereocenters. The molecule has 2 aliphatic heterocycles. The van der Waals surface area contributed by atoms with Crippen LogP contribution in [0.5, 0.6) is 0 Å². The van der Waals surface area contributed by atoms with Crippen molar-refractivity contribution in [2.45, 2.75) is 13.0 Å². The Kier molecular flexibility index (Phi) is 4.55. The van der Waals surface area contributed by atoms with Crippen LogP contribution in [0, 0.1) is 0 Å². The van der Waals surface area contributed by atoms with Crippen molar-refractivity contribution >= 4 is 11.8 Å². The average Bonchev–Trinajstić information content (AvgIpc) is 2.55. The van der Waals surface area contributed by atoms with E-state index in [2.05, 4.69) is 45.4 Å². The van der Waals surface area contributed by atoms with Crippen LogP contribution in [0.15, 0.2) is 23.2 Å². The zero-order valence-electron chi connectivity index (χ0n) is 12.6. The Bertz CT molecular complexity index is 499. The van der Waals surface area contributed by atoms with E-state index in [9.17, 15) is 0 Å². The summed E-state index contributed by atoms with van der Waals surface area (Å²) in [5.74, 6) is 2.01. The monoisotopic (exact) mass is 289 g/mol. The number of morpholine rings is 1. The highest BCUT2D eigenvalue weighted by Gasteiger charge is 2.13. The van der Waals surface area contributed by atoms with Crippen molar-refractivity contribution in [3.63, 3.8) is 0 Å². The summed E-state index contributed by atoms with van der Waals surface area (Å²) in [5, 5.41) is 3.39. The molecule has 0 radical (unpaired) electrons. The van der Waals surface area contributed by atoms with Crippen molar-refractivity contribution in [3.05, 3.63) is 23.9 Å².